The van der Waals surface area contributed by atoms with Gasteiger partial charge in [-0.15, -0.1) is 0 Å². The molecule has 2 unspecified atom stereocenters. The average Bonchev–Trinajstić information content (AvgIpc) is 3.18. The Morgan fingerprint density at radius 2 is 0.526 bits per heavy atom. The summed E-state index contributed by atoms with van der Waals surface area (Å²) in [6, 6.07) is 0.348. The smallest absolute Gasteiger partial charge is 0.550 e. The van der Waals surface area contributed by atoms with Crippen molar-refractivity contribution in [1.82, 2.24) is 9.80 Å². The second kappa shape index (κ2) is 50.5. The first-order valence-electron chi connectivity index (χ1n) is 25.2. The Morgan fingerprint density at radius 1 is 0.333 bits per heavy atom. The van der Waals surface area contributed by atoms with Crippen molar-refractivity contribution in [2.45, 2.75) is 285 Å². The molecule has 0 aliphatic rings. The summed E-state index contributed by atoms with van der Waals surface area (Å²) in [6.07, 6.45) is 43.2. The molecule has 0 fully saturated rings. The normalized spacial score (nSPS) is 12.4. The van der Waals surface area contributed by atoms with Crippen LogP contribution in [-0.2, 0) is 9.59 Å². The van der Waals surface area contributed by atoms with E-state index in [4.69, 9.17) is 0 Å². The molecule has 0 aliphatic heterocycles. The summed E-state index contributed by atoms with van der Waals surface area (Å²) in [7, 11) is 0. The number of carbonyl (C=O) groups excluding carboxylic acids is 2. The van der Waals surface area contributed by atoms with Gasteiger partial charge in [0.1, 0.15) is 0 Å². The number of unbranched alkanes of at least 4 members (excludes halogenated alkanes) is 26. The van der Waals surface area contributed by atoms with Crippen LogP contribution < -0.4 is 10.2 Å². The molecule has 0 spiro atoms. The number of carboxylic acids is 2. The molecule has 6 nitrogen and oxygen atoms in total. The van der Waals surface area contributed by atoms with Crippen molar-refractivity contribution in [3.8, 4) is 0 Å². The van der Waals surface area contributed by atoms with E-state index in [1.54, 1.807) is 0 Å². The van der Waals surface area contributed by atoms with Crippen LogP contribution in [0.4, 0.5) is 0 Å². The summed E-state index contributed by atoms with van der Waals surface area (Å²) in [4.78, 5) is 27.7. The van der Waals surface area contributed by atoms with E-state index in [0.717, 1.165) is 51.9 Å². The maximum Gasteiger partial charge on any atom is 2.00 e. The van der Waals surface area contributed by atoms with E-state index in [0.29, 0.717) is 0 Å². The number of hydrogen-bond donors (Lipinski definition) is 0. The van der Waals surface area contributed by atoms with Crippen molar-refractivity contribution in [3.05, 3.63) is 0 Å². The maximum atomic E-state index is 11.4. The Morgan fingerprint density at radius 3 is 0.737 bits per heavy atom. The number of nitrogens with zero attached hydrogens (tertiary/aromatic N) is 2. The van der Waals surface area contributed by atoms with E-state index < -0.39 is 11.9 Å². The zero-order valence-corrected chi connectivity index (χ0v) is 41.9. The van der Waals surface area contributed by atoms with E-state index >= 15 is 0 Å². The number of carbonyl (C=O) groups is 2. The van der Waals surface area contributed by atoms with Crippen LogP contribution >= 0.6 is 0 Å². The molecule has 0 saturated carbocycles. The van der Waals surface area contributed by atoms with Gasteiger partial charge in [-0.1, -0.05) is 221 Å². The van der Waals surface area contributed by atoms with Gasteiger partial charge >= 0.3 is 37.7 Å². The van der Waals surface area contributed by atoms with E-state index in [2.05, 4.69) is 51.3 Å². The molecule has 0 bridgehead atoms. The van der Waals surface area contributed by atoms with Gasteiger partial charge in [0.25, 0.3) is 0 Å². The fourth-order valence-corrected chi connectivity index (χ4v) is 8.16. The van der Waals surface area contributed by atoms with Crippen LogP contribution in [0.2, 0.25) is 0 Å². The fraction of sp³-hybridized carbons (Fsp3) is 0.960. The number of rotatable bonds is 44. The predicted octanol–water partition coefficient (Wildman–Crippen LogP) is 12.6. The van der Waals surface area contributed by atoms with Crippen molar-refractivity contribution < 1.29 is 19.8 Å². The van der Waals surface area contributed by atoms with Crippen LogP contribution in [-0.4, -0.2) is 97.7 Å². The fourth-order valence-electron chi connectivity index (χ4n) is 8.16. The Balaban J connectivity index is -0.00000101. The van der Waals surface area contributed by atoms with Crippen LogP contribution in [0.1, 0.15) is 273 Å². The summed E-state index contributed by atoms with van der Waals surface area (Å²) in [5, 5.41) is 22.7. The Labute approximate surface area is 387 Å². The maximum absolute atomic E-state index is 11.4. The van der Waals surface area contributed by atoms with Crippen molar-refractivity contribution in [2.75, 3.05) is 26.2 Å². The van der Waals surface area contributed by atoms with Gasteiger partial charge in [-0.05, 0) is 64.7 Å². The molecule has 57 heavy (non-hydrogen) atoms. The monoisotopic (exact) mass is 833 g/mol. The molecule has 0 aromatic rings. The molecule has 0 aliphatic carbocycles. The molecule has 0 rings (SSSR count). The van der Waals surface area contributed by atoms with E-state index in [1.807, 2.05) is 0 Å². The van der Waals surface area contributed by atoms with Crippen LogP contribution in [0, 0.1) is 0 Å². The molecule has 0 aromatic carbocycles. The second-order valence-corrected chi connectivity index (χ2v) is 17.3. The van der Waals surface area contributed by atoms with Crippen LogP contribution in [0.25, 0.3) is 0 Å². The standard InChI is InChI=1S/2C25H51NO2.Ca/c2*1-4-7-10-13-15-18-21-26(22-19-16-14-11-8-5-2)24(23-25(27)28)20-17-12-9-6-3;/h2*24H,4-23H2,1-3H3,(H,27,28);/q;;+2/p-2. The molecule has 0 radical (unpaired) electrons. The molecule has 336 valence electrons. The van der Waals surface area contributed by atoms with Gasteiger partial charge in [-0.3, -0.25) is 0 Å². The Kier molecular flexibility index (Phi) is 54.4. The number of aliphatic carboxylic acids is 2. The Bertz CT molecular complexity index is 704. The predicted molar refractivity (Wildman–Crippen MR) is 247 cm³/mol. The van der Waals surface area contributed by atoms with Crippen molar-refractivity contribution in [3.63, 3.8) is 0 Å². The molecule has 0 aromatic heterocycles. The molecule has 2 atom stereocenters. The first-order chi connectivity index (χ1) is 27.3. The topological polar surface area (TPSA) is 86.7 Å². The van der Waals surface area contributed by atoms with E-state index in [1.165, 1.54) is 193 Å². The minimum atomic E-state index is -0.878. The summed E-state index contributed by atoms with van der Waals surface area (Å²) in [6.45, 7) is 17.7. The summed E-state index contributed by atoms with van der Waals surface area (Å²) < 4.78 is 0. The van der Waals surface area contributed by atoms with Gasteiger partial charge in [0.2, 0.25) is 0 Å². The number of hydrogen-bond acceptors (Lipinski definition) is 6. The van der Waals surface area contributed by atoms with Crippen LogP contribution in [0.3, 0.4) is 0 Å². The van der Waals surface area contributed by atoms with Crippen LogP contribution in [0.15, 0.2) is 0 Å². The first-order valence-corrected chi connectivity index (χ1v) is 25.2. The zero-order chi connectivity index (χ0) is 41.7. The minimum Gasteiger partial charge on any atom is -0.550 e. The third-order valence-corrected chi connectivity index (χ3v) is 11.8. The van der Waals surface area contributed by atoms with Gasteiger partial charge in [-0.2, -0.15) is 0 Å². The summed E-state index contributed by atoms with van der Waals surface area (Å²) in [5.41, 5.74) is 0. The summed E-state index contributed by atoms with van der Waals surface area (Å²) >= 11 is 0. The third-order valence-electron chi connectivity index (χ3n) is 11.8. The molecular weight excluding hydrogens is 733 g/mol. The van der Waals surface area contributed by atoms with Crippen LogP contribution in [0.5, 0.6) is 0 Å². The van der Waals surface area contributed by atoms with Crippen molar-refractivity contribution in [2.24, 2.45) is 0 Å². The number of carboxylic acid groups (broad SMARTS) is 2. The third kappa shape index (κ3) is 45.5. The molecule has 7 heteroatoms. The molecule has 0 N–H and O–H groups in total. The Hall–Kier alpha value is 0.120. The molecule has 0 amide bonds. The molecule has 0 heterocycles. The van der Waals surface area contributed by atoms with Crippen molar-refractivity contribution in [1.29, 1.82) is 0 Å². The van der Waals surface area contributed by atoms with E-state index in [9.17, 15) is 19.8 Å². The van der Waals surface area contributed by atoms with Gasteiger partial charge in [0.15, 0.2) is 0 Å². The zero-order valence-electron chi connectivity index (χ0n) is 39.7. The van der Waals surface area contributed by atoms with E-state index in [-0.39, 0.29) is 62.7 Å². The quantitative estimate of drug-likeness (QED) is 0.0449. The largest absolute Gasteiger partial charge is 2.00 e. The van der Waals surface area contributed by atoms with Gasteiger partial charge in [-0.25, -0.2) is 0 Å². The average molecular weight is 833 g/mol. The minimum absolute atomic E-state index is 0. The molecule has 0 saturated heterocycles. The molecular formula is C50H100CaN2O4. The summed E-state index contributed by atoms with van der Waals surface area (Å²) in [5.74, 6) is -1.76. The van der Waals surface area contributed by atoms with Crippen molar-refractivity contribution >= 4 is 49.7 Å². The van der Waals surface area contributed by atoms with Gasteiger partial charge < -0.3 is 29.6 Å². The van der Waals surface area contributed by atoms with Gasteiger partial charge in [0.05, 0.1) is 0 Å². The second-order valence-electron chi connectivity index (χ2n) is 17.3. The van der Waals surface area contributed by atoms with Gasteiger partial charge in [0, 0.05) is 36.9 Å². The first kappa shape index (κ1) is 61.4. The SMILES string of the molecule is CCCCCCCCN(CCCCCCCC)C(CCCCCC)CC(=O)[O-].CCCCCCCCN(CCCCCCCC)C(CCCCCC)CC(=O)[O-].[Ca+2].